The number of hydrogen-bond acceptors (Lipinski definition) is 3. The van der Waals surface area contributed by atoms with Crippen LogP contribution in [0.1, 0.15) is 42.1 Å². The number of carbonyl (C=O) groups excluding carboxylic acids is 2. The highest BCUT2D eigenvalue weighted by Crippen LogP contribution is 2.17. The fourth-order valence-electron chi connectivity index (χ4n) is 2.70. The first-order valence-corrected chi connectivity index (χ1v) is 7.74. The van der Waals surface area contributed by atoms with Crippen LogP contribution in [0, 0.1) is 5.92 Å². The molecule has 1 saturated heterocycles. The molecule has 0 bridgehead atoms. The zero-order chi connectivity index (χ0) is 15.2. The molecule has 0 saturated carbocycles. The van der Waals surface area contributed by atoms with Gasteiger partial charge in [0.1, 0.15) is 0 Å². The monoisotopic (exact) mass is 288 g/mol. The van der Waals surface area contributed by atoms with E-state index in [2.05, 4.69) is 6.92 Å². The van der Waals surface area contributed by atoms with Gasteiger partial charge in [0.15, 0.2) is 5.78 Å². The highest BCUT2D eigenvalue weighted by Gasteiger charge is 2.25. The summed E-state index contributed by atoms with van der Waals surface area (Å²) in [6.07, 6.45) is 2.53. The first-order chi connectivity index (χ1) is 10.1. The van der Waals surface area contributed by atoms with Crippen LogP contribution < -0.4 is 5.73 Å². The Morgan fingerprint density at radius 3 is 2.52 bits per heavy atom. The average Bonchev–Trinajstić information content (AvgIpc) is 3.01. The van der Waals surface area contributed by atoms with Crippen molar-refractivity contribution < 1.29 is 9.59 Å². The summed E-state index contributed by atoms with van der Waals surface area (Å²) in [5.74, 6) is 0.538. The fraction of sp³-hybridized carbons (Fsp3) is 0.529. The summed E-state index contributed by atoms with van der Waals surface area (Å²) in [4.78, 5) is 26.0. The SMILES string of the molecule is CCc1ccc(C(=O)CCC(=O)N2CCC(CN)C2)cc1. The molecule has 1 atom stereocenters. The van der Waals surface area contributed by atoms with E-state index in [4.69, 9.17) is 5.73 Å². The molecular weight excluding hydrogens is 264 g/mol. The largest absolute Gasteiger partial charge is 0.342 e. The Labute approximate surface area is 126 Å². The average molecular weight is 288 g/mol. The van der Waals surface area contributed by atoms with Gasteiger partial charge in [-0.05, 0) is 30.9 Å². The maximum absolute atomic E-state index is 12.1. The third kappa shape index (κ3) is 4.14. The first kappa shape index (κ1) is 15.7. The highest BCUT2D eigenvalue weighted by atomic mass is 16.2. The number of Topliss-reactive ketones (excluding diaryl/α,β-unsaturated/α-hetero) is 1. The van der Waals surface area contributed by atoms with Gasteiger partial charge in [0.25, 0.3) is 0 Å². The maximum Gasteiger partial charge on any atom is 0.223 e. The van der Waals surface area contributed by atoms with Crippen LogP contribution in [-0.4, -0.2) is 36.2 Å². The molecule has 0 aromatic heterocycles. The molecule has 2 rings (SSSR count). The summed E-state index contributed by atoms with van der Waals surface area (Å²) in [5, 5.41) is 0. The molecule has 1 heterocycles. The second-order valence-electron chi connectivity index (χ2n) is 5.70. The normalized spacial score (nSPS) is 18.0. The molecule has 1 amide bonds. The molecule has 2 N–H and O–H groups in total. The van der Waals surface area contributed by atoms with Crippen LogP contribution in [0.2, 0.25) is 0 Å². The quantitative estimate of drug-likeness (QED) is 0.815. The lowest BCUT2D eigenvalue weighted by Gasteiger charge is -2.15. The molecule has 1 aromatic rings. The number of nitrogens with two attached hydrogens (primary N) is 1. The third-order valence-corrected chi connectivity index (χ3v) is 4.22. The second-order valence-corrected chi connectivity index (χ2v) is 5.70. The van der Waals surface area contributed by atoms with E-state index < -0.39 is 0 Å². The standard InChI is InChI=1S/C17H24N2O2/c1-2-13-3-5-15(6-4-13)16(20)7-8-17(21)19-10-9-14(11-18)12-19/h3-6,14H,2,7-12,18H2,1H3. The Morgan fingerprint density at radius 2 is 1.95 bits per heavy atom. The van der Waals surface area contributed by atoms with Gasteiger partial charge >= 0.3 is 0 Å². The van der Waals surface area contributed by atoms with Gasteiger partial charge < -0.3 is 10.6 Å². The molecule has 0 aliphatic carbocycles. The Morgan fingerprint density at radius 1 is 1.24 bits per heavy atom. The highest BCUT2D eigenvalue weighted by molar-refractivity contribution is 5.98. The summed E-state index contributed by atoms with van der Waals surface area (Å²) in [6, 6.07) is 7.65. The Bertz CT molecular complexity index is 496. The third-order valence-electron chi connectivity index (χ3n) is 4.22. The van der Waals surface area contributed by atoms with Crippen LogP contribution in [0.4, 0.5) is 0 Å². The fourth-order valence-corrected chi connectivity index (χ4v) is 2.70. The zero-order valence-corrected chi connectivity index (χ0v) is 12.7. The zero-order valence-electron chi connectivity index (χ0n) is 12.7. The molecule has 21 heavy (non-hydrogen) atoms. The Kier molecular flexibility index (Phi) is 5.51. The van der Waals surface area contributed by atoms with Crippen molar-refractivity contribution >= 4 is 11.7 Å². The van der Waals surface area contributed by atoms with E-state index in [1.54, 1.807) is 0 Å². The van der Waals surface area contributed by atoms with E-state index in [9.17, 15) is 9.59 Å². The number of benzene rings is 1. The number of hydrogen-bond donors (Lipinski definition) is 1. The van der Waals surface area contributed by atoms with E-state index >= 15 is 0 Å². The Hall–Kier alpha value is -1.68. The molecule has 1 aromatic carbocycles. The maximum atomic E-state index is 12.1. The number of nitrogens with zero attached hydrogens (tertiary/aromatic N) is 1. The number of likely N-dealkylation sites (tertiary alicyclic amines) is 1. The molecule has 0 spiro atoms. The van der Waals surface area contributed by atoms with Gasteiger partial charge in [0, 0.05) is 31.5 Å². The van der Waals surface area contributed by atoms with Crippen LogP contribution in [0.3, 0.4) is 0 Å². The van der Waals surface area contributed by atoms with Crippen molar-refractivity contribution in [3.8, 4) is 0 Å². The van der Waals surface area contributed by atoms with Crippen molar-refractivity contribution in [1.82, 2.24) is 4.90 Å². The summed E-state index contributed by atoms with van der Waals surface area (Å²) in [6.45, 7) is 4.24. The van der Waals surface area contributed by atoms with Gasteiger partial charge in [-0.1, -0.05) is 31.2 Å². The van der Waals surface area contributed by atoms with Gasteiger partial charge in [-0.15, -0.1) is 0 Å². The van der Waals surface area contributed by atoms with E-state index in [0.29, 0.717) is 24.4 Å². The number of amides is 1. The van der Waals surface area contributed by atoms with Crippen molar-refractivity contribution in [1.29, 1.82) is 0 Å². The number of aryl methyl sites for hydroxylation is 1. The molecule has 1 aliphatic rings. The van der Waals surface area contributed by atoms with Crippen molar-refractivity contribution in [2.24, 2.45) is 11.7 Å². The van der Waals surface area contributed by atoms with Crippen LogP contribution in [0.15, 0.2) is 24.3 Å². The van der Waals surface area contributed by atoms with E-state index in [1.165, 1.54) is 5.56 Å². The molecule has 1 fully saturated rings. The lowest BCUT2D eigenvalue weighted by atomic mass is 10.0. The molecule has 1 aliphatic heterocycles. The van der Waals surface area contributed by atoms with E-state index in [-0.39, 0.29) is 18.1 Å². The minimum Gasteiger partial charge on any atom is -0.342 e. The van der Waals surface area contributed by atoms with Gasteiger partial charge in [-0.2, -0.15) is 0 Å². The number of carbonyl (C=O) groups is 2. The van der Waals surface area contributed by atoms with Crippen LogP contribution in [0.25, 0.3) is 0 Å². The van der Waals surface area contributed by atoms with Gasteiger partial charge in [-0.3, -0.25) is 9.59 Å². The smallest absolute Gasteiger partial charge is 0.223 e. The minimum atomic E-state index is 0.0422. The van der Waals surface area contributed by atoms with E-state index in [0.717, 1.165) is 25.9 Å². The first-order valence-electron chi connectivity index (χ1n) is 7.74. The van der Waals surface area contributed by atoms with Gasteiger partial charge in [0.05, 0.1) is 0 Å². The van der Waals surface area contributed by atoms with Gasteiger partial charge in [0.2, 0.25) is 5.91 Å². The van der Waals surface area contributed by atoms with E-state index in [1.807, 2.05) is 29.2 Å². The summed E-state index contributed by atoms with van der Waals surface area (Å²) in [7, 11) is 0. The predicted molar refractivity (Wildman–Crippen MR) is 83.1 cm³/mol. The van der Waals surface area contributed by atoms with Crippen LogP contribution >= 0.6 is 0 Å². The van der Waals surface area contributed by atoms with Crippen molar-refractivity contribution in [2.75, 3.05) is 19.6 Å². The summed E-state index contributed by atoms with van der Waals surface area (Å²) < 4.78 is 0. The molecule has 4 nitrogen and oxygen atoms in total. The van der Waals surface area contributed by atoms with Crippen LogP contribution in [0.5, 0.6) is 0 Å². The summed E-state index contributed by atoms with van der Waals surface area (Å²) >= 11 is 0. The second kappa shape index (κ2) is 7.36. The Balaban J connectivity index is 1.81. The molecule has 1 unspecified atom stereocenters. The minimum absolute atomic E-state index is 0.0422. The van der Waals surface area contributed by atoms with Crippen LogP contribution in [-0.2, 0) is 11.2 Å². The predicted octanol–water partition coefficient (Wildman–Crippen LogP) is 2.02. The lowest BCUT2D eigenvalue weighted by molar-refractivity contribution is -0.130. The molecule has 4 heteroatoms. The lowest BCUT2D eigenvalue weighted by Crippen LogP contribution is -2.30. The number of rotatable bonds is 6. The summed E-state index contributed by atoms with van der Waals surface area (Å²) in [5.41, 5.74) is 7.54. The van der Waals surface area contributed by atoms with Crippen molar-refractivity contribution in [2.45, 2.75) is 32.6 Å². The topological polar surface area (TPSA) is 63.4 Å². The number of ketones is 1. The molecule has 0 radical (unpaired) electrons. The molecular formula is C17H24N2O2. The van der Waals surface area contributed by atoms with Crippen molar-refractivity contribution in [3.63, 3.8) is 0 Å². The molecule has 114 valence electrons. The van der Waals surface area contributed by atoms with Crippen molar-refractivity contribution in [3.05, 3.63) is 35.4 Å². The van der Waals surface area contributed by atoms with Gasteiger partial charge in [-0.25, -0.2) is 0 Å².